The Bertz CT molecular complexity index is 771. The average Bonchev–Trinajstić information content (AvgIpc) is 2.46. The number of halogens is 1. The van der Waals surface area contributed by atoms with E-state index in [1.54, 1.807) is 19.2 Å². The number of fused-ring (bicyclic) bond motifs is 1. The first-order valence-corrected chi connectivity index (χ1v) is 6.26. The number of hydrogen-bond acceptors (Lipinski definition) is 3. The molecular formula is C16H13FN2O. The van der Waals surface area contributed by atoms with E-state index in [1.165, 1.54) is 12.3 Å². The van der Waals surface area contributed by atoms with Gasteiger partial charge in [0.1, 0.15) is 11.4 Å². The first-order valence-electron chi connectivity index (χ1n) is 6.26. The molecule has 1 atom stereocenters. The van der Waals surface area contributed by atoms with E-state index in [0.29, 0.717) is 11.1 Å². The zero-order valence-corrected chi connectivity index (χ0v) is 10.9. The maximum atomic E-state index is 13.3. The molecule has 100 valence electrons. The fraction of sp³-hybridized carbons (Fsp3) is 0.125. The van der Waals surface area contributed by atoms with Gasteiger partial charge in [-0.05, 0) is 30.7 Å². The Hall–Kier alpha value is -2.33. The molecule has 20 heavy (non-hydrogen) atoms. The molecule has 0 aliphatic rings. The Balaban J connectivity index is 2.13. The lowest BCUT2D eigenvalue weighted by molar-refractivity contribution is 0.102. The predicted octanol–water partition coefficient (Wildman–Crippen LogP) is 3.02. The van der Waals surface area contributed by atoms with Gasteiger partial charge in [0.15, 0.2) is 0 Å². The average molecular weight is 268 g/mol. The van der Waals surface area contributed by atoms with Crippen LogP contribution in [0.1, 0.15) is 18.1 Å². The Morgan fingerprint density at radius 3 is 2.75 bits per heavy atom. The Morgan fingerprint density at radius 1 is 1.10 bits per heavy atom. The smallest absolute Gasteiger partial charge is 0.141 e. The van der Waals surface area contributed by atoms with Gasteiger partial charge in [0.2, 0.25) is 0 Å². The van der Waals surface area contributed by atoms with Crippen molar-refractivity contribution >= 4 is 10.9 Å². The largest absolute Gasteiger partial charge is 0.381 e. The van der Waals surface area contributed by atoms with Gasteiger partial charge in [-0.3, -0.25) is 9.97 Å². The first-order chi connectivity index (χ1) is 9.57. The summed E-state index contributed by atoms with van der Waals surface area (Å²) in [5.74, 6) is -0.471. The highest BCUT2D eigenvalue weighted by Gasteiger charge is 2.26. The molecule has 4 heteroatoms. The highest BCUT2D eigenvalue weighted by atomic mass is 19.1. The second-order valence-electron chi connectivity index (χ2n) is 4.87. The minimum Gasteiger partial charge on any atom is -0.381 e. The van der Waals surface area contributed by atoms with Crippen LogP contribution in [-0.2, 0) is 5.60 Å². The lowest BCUT2D eigenvalue weighted by atomic mass is 9.88. The van der Waals surface area contributed by atoms with Crippen molar-refractivity contribution in [1.82, 2.24) is 9.97 Å². The third-order valence-corrected chi connectivity index (χ3v) is 3.44. The summed E-state index contributed by atoms with van der Waals surface area (Å²) < 4.78 is 13.3. The molecule has 3 rings (SSSR count). The molecule has 3 nitrogen and oxygen atoms in total. The maximum absolute atomic E-state index is 13.3. The molecular weight excluding hydrogens is 255 g/mol. The SMILES string of the molecule is CC(O)(c1cncc(F)c1)c1ccc2cccnc2c1. The lowest BCUT2D eigenvalue weighted by Gasteiger charge is -2.24. The molecule has 0 saturated carbocycles. The standard InChI is InChI=1S/C16H13FN2O/c1-16(20,13-7-14(17)10-18-9-13)12-5-4-11-3-2-6-19-15(11)8-12/h2-10,20H,1H3. The molecule has 2 aromatic heterocycles. The van der Waals surface area contributed by atoms with Crippen molar-refractivity contribution in [1.29, 1.82) is 0 Å². The van der Waals surface area contributed by atoms with Crippen LogP contribution in [-0.4, -0.2) is 15.1 Å². The Labute approximate surface area is 115 Å². The number of rotatable bonds is 2. The van der Waals surface area contributed by atoms with Crippen LogP contribution < -0.4 is 0 Å². The van der Waals surface area contributed by atoms with Crippen molar-refractivity contribution in [3.05, 3.63) is 71.9 Å². The van der Waals surface area contributed by atoms with Crippen LogP contribution in [0.25, 0.3) is 10.9 Å². The van der Waals surface area contributed by atoms with Crippen molar-refractivity contribution in [2.45, 2.75) is 12.5 Å². The van der Waals surface area contributed by atoms with Crippen LogP contribution in [0, 0.1) is 5.82 Å². The van der Waals surface area contributed by atoms with Crippen LogP contribution in [0.4, 0.5) is 4.39 Å². The molecule has 0 saturated heterocycles. The van der Waals surface area contributed by atoms with Crippen molar-refractivity contribution in [3.63, 3.8) is 0 Å². The van der Waals surface area contributed by atoms with E-state index < -0.39 is 11.4 Å². The van der Waals surface area contributed by atoms with Gasteiger partial charge in [0.25, 0.3) is 0 Å². The number of aliphatic hydroxyl groups is 1. The summed E-state index contributed by atoms with van der Waals surface area (Å²) >= 11 is 0. The highest BCUT2D eigenvalue weighted by molar-refractivity contribution is 5.79. The molecule has 0 aliphatic heterocycles. The van der Waals surface area contributed by atoms with E-state index in [-0.39, 0.29) is 0 Å². The van der Waals surface area contributed by atoms with Gasteiger partial charge in [-0.1, -0.05) is 18.2 Å². The van der Waals surface area contributed by atoms with Gasteiger partial charge in [0, 0.05) is 23.3 Å². The molecule has 1 unspecified atom stereocenters. The number of aromatic nitrogens is 2. The molecule has 0 bridgehead atoms. The van der Waals surface area contributed by atoms with Crippen molar-refractivity contribution in [3.8, 4) is 0 Å². The molecule has 0 spiro atoms. The van der Waals surface area contributed by atoms with Crippen molar-refractivity contribution in [2.75, 3.05) is 0 Å². The van der Waals surface area contributed by atoms with Crippen LogP contribution >= 0.6 is 0 Å². The quantitative estimate of drug-likeness (QED) is 0.777. The molecule has 1 N–H and O–H groups in total. The summed E-state index contributed by atoms with van der Waals surface area (Å²) in [5, 5.41) is 11.7. The molecule has 3 aromatic rings. The van der Waals surface area contributed by atoms with Crippen LogP contribution in [0.15, 0.2) is 55.0 Å². The van der Waals surface area contributed by atoms with Crippen LogP contribution in [0.3, 0.4) is 0 Å². The fourth-order valence-electron chi connectivity index (χ4n) is 2.21. The Kier molecular flexibility index (Phi) is 2.95. The minimum atomic E-state index is -1.32. The fourth-order valence-corrected chi connectivity index (χ4v) is 2.21. The summed E-state index contributed by atoms with van der Waals surface area (Å²) in [5.41, 5.74) is 0.527. The number of nitrogens with zero attached hydrogens (tertiary/aromatic N) is 2. The highest BCUT2D eigenvalue weighted by Crippen LogP contribution is 2.30. The van der Waals surface area contributed by atoms with Gasteiger partial charge in [-0.2, -0.15) is 0 Å². The van der Waals surface area contributed by atoms with Crippen LogP contribution in [0.5, 0.6) is 0 Å². The third kappa shape index (κ3) is 2.14. The topological polar surface area (TPSA) is 46.0 Å². The molecule has 0 radical (unpaired) electrons. The summed E-state index contributed by atoms with van der Waals surface area (Å²) in [6, 6.07) is 10.6. The predicted molar refractivity (Wildman–Crippen MR) is 74.6 cm³/mol. The van der Waals surface area contributed by atoms with Crippen molar-refractivity contribution < 1.29 is 9.50 Å². The molecule has 2 heterocycles. The summed E-state index contributed by atoms with van der Waals surface area (Å²) in [7, 11) is 0. The zero-order valence-electron chi connectivity index (χ0n) is 10.9. The number of pyridine rings is 2. The molecule has 0 fully saturated rings. The first kappa shape index (κ1) is 12.7. The van der Waals surface area contributed by atoms with Gasteiger partial charge < -0.3 is 5.11 Å². The van der Waals surface area contributed by atoms with Gasteiger partial charge in [0.05, 0.1) is 11.7 Å². The zero-order chi connectivity index (χ0) is 14.2. The third-order valence-electron chi connectivity index (χ3n) is 3.44. The second kappa shape index (κ2) is 4.65. The molecule has 1 aromatic carbocycles. The number of benzene rings is 1. The molecule has 0 amide bonds. The summed E-state index contributed by atoms with van der Waals surface area (Å²) in [4.78, 5) is 8.05. The minimum absolute atomic E-state index is 0.410. The second-order valence-corrected chi connectivity index (χ2v) is 4.87. The number of hydrogen-bond donors (Lipinski definition) is 1. The van der Waals surface area contributed by atoms with Gasteiger partial charge in [-0.15, -0.1) is 0 Å². The monoisotopic (exact) mass is 268 g/mol. The van der Waals surface area contributed by atoms with Crippen molar-refractivity contribution in [2.24, 2.45) is 0 Å². The van der Waals surface area contributed by atoms with Gasteiger partial charge >= 0.3 is 0 Å². The van der Waals surface area contributed by atoms with E-state index in [4.69, 9.17) is 0 Å². The van der Waals surface area contributed by atoms with E-state index in [2.05, 4.69) is 9.97 Å². The van der Waals surface area contributed by atoms with Gasteiger partial charge in [-0.25, -0.2) is 4.39 Å². The summed E-state index contributed by atoms with van der Waals surface area (Å²) in [6.07, 6.45) is 4.28. The van der Waals surface area contributed by atoms with E-state index in [1.807, 2.05) is 24.3 Å². The maximum Gasteiger partial charge on any atom is 0.141 e. The normalized spacial score (nSPS) is 14.2. The van der Waals surface area contributed by atoms with Crippen LogP contribution in [0.2, 0.25) is 0 Å². The Morgan fingerprint density at radius 2 is 1.95 bits per heavy atom. The molecule has 0 aliphatic carbocycles. The van der Waals surface area contributed by atoms with E-state index in [0.717, 1.165) is 17.1 Å². The summed E-state index contributed by atoms with van der Waals surface area (Å²) in [6.45, 7) is 1.62. The lowest BCUT2D eigenvalue weighted by Crippen LogP contribution is -2.23. The van der Waals surface area contributed by atoms with E-state index >= 15 is 0 Å². The van der Waals surface area contributed by atoms with E-state index in [9.17, 15) is 9.50 Å².